The number of nitro benzene ring substituents is 1. The average Bonchev–Trinajstić information content (AvgIpc) is 3.32. The zero-order chi connectivity index (χ0) is 36.7. The van der Waals surface area contributed by atoms with E-state index in [2.05, 4.69) is 0 Å². The number of rotatable bonds is 9. The molecule has 0 saturated carbocycles. The van der Waals surface area contributed by atoms with Gasteiger partial charge in [0.1, 0.15) is 16.5 Å². The maximum atomic E-state index is 12.7. The fraction of sp³-hybridized carbons (Fsp3) is 0.265. The standard InChI is InChI=1S/C19H17Cl2NO4.C15H11ClF3NO4/c1-2-26-19(25)16(21)10-11-9-12(7-8-15(11)20)22-17(23)13-5-3-4-6-14(13)18(22)24;1-2-23-14-8-10(4-5-12(14)20(21)22)24-13-6-3-9(7-11(13)16)15(17,18)19/h7-10H,2-6H2,1H3;3-8H,2H2,1H3/b16-10-;. The zero-order valence-corrected chi connectivity index (χ0v) is 28.7. The summed E-state index contributed by atoms with van der Waals surface area (Å²) in [5, 5.41) is 10.9. The van der Waals surface area contributed by atoms with Gasteiger partial charge in [-0.3, -0.25) is 19.7 Å². The van der Waals surface area contributed by atoms with E-state index in [0.717, 1.165) is 31.0 Å². The molecular weight excluding hydrogens is 728 g/mol. The summed E-state index contributed by atoms with van der Waals surface area (Å²) in [4.78, 5) is 48.5. The van der Waals surface area contributed by atoms with E-state index >= 15 is 0 Å². The third kappa shape index (κ3) is 8.95. The molecule has 0 fully saturated rings. The molecule has 0 radical (unpaired) electrons. The smallest absolute Gasteiger partial charge is 0.416 e. The predicted molar refractivity (Wildman–Crippen MR) is 181 cm³/mol. The van der Waals surface area contributed by atoms with Gasteiger partial charge in [0.15, 0.2) is 0 Å². The Hall–Kier alpha value is -4.59. The van der Waals surface area contributed by atoms with E-state index in [1.165, 1.54) is 29.2 Å². The fourth-order valence-corrected chi connectivity index (χ4v) is 5.58. The highest BCUT2D eigenvalue weighted by Crippen LogP contribution is 2.39. The van der Waals surface area contributed by atoms with Gasteiger partial charge in [-0.05, 0) is 93.6 Å². The van der Waals surface area contributed by atoms with Gasteiger partial charge in [-0.15, -0.1) is 0 Å². The lowest BCUT2D eigenvalue weighted by Gasteiger charge is -2.16. The first-order valence-corrected chi connectivity index (χ1v) is 16.2. The van der Waals surface area contributed by atoms with Gasteiger partial charge in [0.25, 0.3) is 11.8 Å². The third-order valence-electron chi connectivity index (χ3n) is 7.30. The molecule has 1 aliphatic carbocycles. The first kappa shape index (κ1) is 38.2. The molecule has 0 bridgehead atoms. The Balaban J connectivity index is 0.000000226. The van der Waals surface area contributed by atoms with E-state index in [9.17, 15) is 37.7 Å². The van der Waals surface area contributed by atoms with Crippen LogP contribution in [0.5, 0.6) is 17.2 Å². The van der Waals surface area contributed by atoms with Gasteiger partial charge >= 0.3 is 17.8 Å². The topological polar surface area (TPSA) is 125 Å². The van der Waals surface area contributed by atoms with E-state index < -0.39 is 22.6 Å². The van der Waals surface area contributed by atoms with Crippen molar-refractivity contribution in [3.8, 4) is 17.2 Å². The van der Waals surface area contributed by atoms with Crippen molar-refractivity contribution in [1.29, 1.82) is 0 Å². The number of imide groups is 1. The number of esters is 1. The van der Waals surface area contributed by atoms with E-state index in [4.69, 9.17) is 49.0 Å². The fourth-order valence-electron chi connectivity index (χ4n) is 5.02. The first-order valence-electron chi connectivity index (χ1n) is 15.1. The molecule has 3 aromatic rings. The van der Waals surface area contributed by atoms with E-state index in [-0.39, 0.29) is 58.0 Å². The second-order valence-electron chi connectivity index (χ2n) is 10.6. The van der Waals surface area contributed by atoms with Crippen LogP contribution in [-0.2, 0) is 25.3 Å². The number of nitro groups is 1. The van der Waals surface area contributed by atoms with Crippen molar-refractivity contribution in [2.45, 2.75) is 45.7 Å². The number of hydrogen-bond acceptors (Lipinski definition) is 8. The van der Waals surface area contributed by atoms with Gasteiger partial charge in [0.2, 0.25) is 5.75 Å². The number of benzene rings is 3. The van der Waals surface area contributed by atoms with Crippen molar-refractivity contribution in [2.75, 3.05) is 18.1 Å². The molecular formula is C34H28Cl3F3N2O8. The highest BCUT2D eigenvalue weighted by Gasteiger charge is 2.39. The van der Waals surface area contributed by atoms with Crippen molar-refractivity contribution in [3.05, 3.63) is 102 Å². The SMILES string of the molecule is CCOC(=O)/C(Cl)=C/c1cc(N2C(=O)C3=C(CCCC3)C2=O)ccc1Cl.CCOc1cc(Oc2ccc(C(F)(F)F)cc2Cl)ccc1[N+](=O)[O-]. The molecule has 5 rings (SSSR count). The average molecular weight is 756 g/mol. The minimum Gasteiger partial charge on any atom is -0.487 e. The van der Waals surface area contributed by atoms with E-state index in [1.807, 2.05) is 0 Å². The highest BCUT2D eigenvalue weighted by molar-refractivity contribution is 6.43. The van der Waals surface area contributed by atoms with Crippen LogP contribution in [0.4, 0.5) is 24.5 Å². The number of amides is 2. The highest BCUT2D eigenvalue weighted by atomic mass is 35.5. The van der Waals surface area contributed by atoms with Crippen LogP contribution in [0, 0.1) is 10.1 Å². The molecule has 1 heterocycles. The van der Waals surface area contributed by atoms with Crippen LogP contribution in [-0.4, -0.2) is 35.9 Å². The van der Waals surface area contributed by atoms with Crippen LogP contribution in [0.3, 0.4) is 0 Å². The summed E-state index contributed by atoms with van der Waals surface area (Å²) in [6.07, 6.45) is -0.0663. The lowest BCUT2D eigenvalue weighted by atomic mass is 9.93. The van der Waals surface area contributed by atoms with Crippen LogP contribution in [0.1, 0.15) is 50.7 Å². The lowest BCUT2D eigenvalue weighted by molar-refractivity contribution is -0.385. The number of halogens is 6. The summed E-state index contributed by atoms with van der Waals surface area (Å²) in [6.45, 7) is 3.73. The second kappa shape index (κ2) is 16.4. The number of anilines is 1. The van der Waals surface area contributed by atoms with Gasteiger partial charge in [-0.25, -0.2) is 9.69 Å². The van der Waals surface area contributed by atoms with Gasteiger partial charge in [0, 0.05) is 28.3 Å². The summed E-state index contributed by atoms with van der Waals surface area (Å²) in [5.41, 5.74) is 0.892. The lowest BCUT2D eigenvalue weighted by Crippen LogP contribution is -2.31. The van der Waals surface area contributed by atoms with Crippen molar-refractivity contribution < 1.29 is 46.7 Å². The molecule has 10 nitrogen and oxygen atoms in total. The zero-order valence-electron chi connectivity index (χ0n) is 26.4. The first-order chi connectivity index (χ1) is 23.7. The monoisotopic (exact) mass is 754 g/mol. The maximum Gasteiger partial charge on any atom is 0.416 e. The molecule has 264 valence electrons. The number of alkyl halides is 3. The van der Waals surface area contributed by atoms with Crippen LogP contribution in [0.2, 0.25) is 10.0 Å². The summed E-state index contributed by atoms with van der Waals surface area (Å²) >= 11 is 17.9. The number of carbonyl (C=O) groups is 3. The van der Waals surface area contributed by atoms with Crippen LogP contribution < -0.4 is 14.4 Å². The Morgan fingerprint density at radius 2 is 1.58 bits per heavy atom. The molecule has 2 aliphatic rings. The molecule has 0 N–H and O–H groups in total. The normalized spacial score (nSPS) is 14.6. The van der Waals surface area contributed by atoms with Crippen molar-refractivity contribution in [2.24, 2.45) is 0 Å². The molecule has 0 atom stereocenters. The number of hydrogen-bond donors (Lipinski definition) is 0. The van der Waals surface area contributed by atoms with Gasteiger partial charge < -0.3 is 14.2 Å². The molecule has 2 amide bonds. The maximum absolute atomic E-state index is 12.7. The Labute approximate surface area is 299 Å². The van der Waals surface area contributed by atoms with E-state index in [0.29, 0.717) is 40.3 Å². The number of ether oxygens (including phenoxy) is 3. The van der Waals surface area contributed by atoms with Crippen LogP contribution in [0.25, 0.3) is 6.08 Å². The summed E-state index contributed by atoms with van der Waals surface area (Å²) in [7, 11) is 0. The molecule has 50 heavy (non-hydrogen) atoms. The summed E-state index contributed by atoms with van der Waals surface area (Å²) < 4.78 is 53.2. The Morgan fingerprint density at radius 3 is 2.14 bits per heavy atom. The molecule has 1 aliphatic heterocycles. The minimum absolute atomic E-state index is 0.0111. The van der Waals surface area contributed by atoms with Crippen LogP contribution in [0.15, 0.2) is 70.8 Å². The Morgan fingerprint density at radius 1 is 0.920 bits per heavy atom. The summed E-state index contributed by atoms with van der Waals surface area (Å²) in [6, 6.07) is 11.1. The van der Waals surface area contributed by atoms with Gasteiger partial charge in [-0.2, -0.15) is 13.2 Å². The van der Waals surface area contributed by atoms with Gasteiger partial charge in [-0.1, -0.05) is 34.8 Å². The summed E-state index contributed by atoms with van der Waals surface area (Å²) in [5.74, 6) is -1.10. The molecule has 0 unspecified atom stereocenters. The van der Waals surface area contributed by atoms with Crippen LogP contribution >= 0.6 is 34.8 Å². The quantitative estimate of drug-likeness (QED) is 0.0695. The van der Waals surface area contributed by atoms with Crippen molar-refractivity contribution in [3.63, 3.8) is 0 Å². The number of carbonyl (C=O) groups excluding carboxylic acids is 3. The Kier molecular flexibility index (Phi) is 12.5. The predicted octanol–water partition coefficient (Wildman–Crippen LogP) is 9.68. The molecule has 0 spiro atoms. The molecule has 0 saturated heterocycles. The molecule has 0 aromatic heterocycles. The molecule has 3 aromatic carbocycles. The van der Waals surface area contributed by atoms with Gasteiger partial charge in [0.05, 0.1) is 34.4 Å². The Bertz CT molecular complexity index is 1870. The van der Waals surface area contributed by atoms with Crippen molar-refractivity contribution in [1.82, 2.24) is 0 Å². The minimum atomic E-state index is -4.52. The van der Waals surface area contributed by atoms with E-state index in [1.54, 1.807) is 32.0 Å². The third-order valence-corrected chi connectivity index (χ3v) is 8.20. The van der Waals surface area contributed by atoms with Crippen molar-refractivity contribution >= 4 is 70.0 Å². The second-order valence-corrected chi connectivity index (χ2v) is 11.8. The number of nitrogens with zero attached hydrogens (tertiary/aromatic N) is 2. The largest absolute Gasteiger partial charge is 0.487 e. The molecule has 16 heteroatoms.